The van der Waals surface area contributed by atoms with Gasteiger partial charge in [-0.1, -0.05) is 27.5 Å². The average molecular weight is 377 g/mol. The monoisotopic (exact) mass is 375 g/mol. The third-order valence-electron chi connectivity index (χ3n) is 2.51. The molecule has 0 aliphatic heterocycles. The molecule has 5 N–H and O–H groups in total. The van der Waals surface area contributed by atoms with E-state index in [4.69, 9.17) is 22.5 Å². The molecule has 2 aromatic rings. The van der Waals surface area contributed by atoms with Crippen molar-refractivity contribution in [1.29, 1.82) is 0 Å². The summed E-state index contributed by atoms with van der Waals surface area (Å²) in [6, 6.07) is 9.59. The van der Waals surface area contributed by atoms with Gasteiger partial charge in [-0.15, -0.1) is 0 Å². The molecule has 0 heterocycles. The van der Waals surface area contributed by atoms with Gasteiger partial charge in [-0.05, 0) is 36.4 Å². The molecule has 0 bridgehead atoms. The Hall–Kier alpha value is -1.28. The van der Waals surface area contributed by atoms with Crippen molar-refractivity contribution in [3.63, 3.8) is 0 Å². The first kappa shape index (κ1) is 15.1. The number of anilines is 3. The summed E-state index contributed by atoms with van der Waals surface area (Å²) in [5.74, 6) is 0. The Morgan fingerprint density at radius 1 is 1.10 bits per heavy atom. The van der Waals surface area contributed by atoms with Crippen LogP contribution in [0.3, 0.4) is 0 Å². The van der Waals surface area contributed by atoms with Gasteiger partial charge in [0.05, 0.1) is 16.4 Å². The van der Waals surface area contributed by atoms with Crippen molar-refractivity contribution in [1.82, 2.24) is 0 Å². The normalized spacial score (nSPS) is 11.3. The topological polar surface area (TPSA) is 98.2 Å². The van der Waals surface area contributed by atoms with E-state index in [-0.39, 0.29) is 4.90 Å². The molecular formula is C12H11BrClN3O2S. The zero-order valence-corrected chi connectivity index (χ0v) is 13.3. The van der Waals surface area contributed by atoms with E-state index in [1.165, 1.54) is 12.1 Å². The molecule has 0 spiro atoms. The van der Waals surface area contributed by atoms with Gasteiger partial charge < -0.3 is 11.1 Å². The Kier molecular flexibility index (Phi) is 4.24. The number of sulfonamides is 1. The minimum Gasteiger partial charge on any atom is -0.399 e. The second kappa shape index (κ2) is 5.61. The van der Waals surface area contributed by atoms with Gasteiger partial charge in [0.25, 0.3) is 0 Å². The van der Waals surface area contributed by atoms with E-state index in [9.17, 15) is 8.42 Å². The molecule has 0 amide bonds. The van der Waals surface area contributed by atoms with E-state index in [0.29, 0.717) is 22.1 Å². The summed E-state index contributed by atoms with van der Waals surface area (Å²) >= 11 is 9.37. The first-order valence-corrected chi connectivity index (χ1v) is 8.13. The summed E-state index contributed by atoms with van der Waals surface area (Å²) in [4.78, 5) is -0.0893. The van der Waals surface area contributed by atoms with Crippen LogP contribution in [0, 0.1) is 0 Å². The smallest absolute Gasteiger partial charge is 0.240 e. The van der Waals surface area contributed by atoms with Crippen LogP contribution in [0.5, 0.6) is 0 Å². The standard InChI is InChI=1S/C12H11BrClN3O2S/c13-7-1-3-9(14)11(5-7)17-10-4-2-8(15)6-12(10)20(16,18)19/h1-6,17H,15H2,(H2,16,18,19). The van der Waals surface area contributed by atoms with Gasteiger partial charge in [0.1, 0.15) is 4.90 Å². The van der Waals surface area contributed by atoms with E-state index in [2.05, 4.69) is 21.2 Å². The lowest BCUT2D eigenvalue weighted by molar-refractivity contribution is 0.598. The fraction of sp³-hybridized carbons (Fsp3) is 0. The van der Waals surface area contributed by atoms with Crippen molar-refractivity contribution in [3.8, 4) is 0 Å². The van der Waals surface area contributed by atoms with Crippen LogP contribution in [-0.4, -0.2) is 8.42 Å². The van der Waals surface area contributed by atoms with Gasteiger partial charge >= 0.3 is 0 Å². The largest absolute Gasteiger partial charge is 0.399 e. The van der Waals surface area contributed by atoms with Crippen LogP contribution in [0.15, 0.2) is 45.8 Å². The quantitative estimate of drug-likeness (QED) is 0.717. The van der Waals surface area contributed by atoms with E-state index in [1.807, 2.05) is 0 Å². The molecule has 0 aromatic heterocycles. The lowest BCUT2D eigenvalue weighted by Gasteiger charge is -2.13. The van der Waals surface area contributed by atoms with Crippen molar-refractivity contribution in [2.75, 3.05) is 11.1 Å². The van der Waals surface area contributed by atoms with Gasteiger partial charge in [0.15, 0.2) is 0 Å². The number of hydrogen-bond donors (Lipinski definition) is 3. The number of nitrogens with one attached hydrogen (secondary N) is 1. The third-order valence-corrected chi connectivity index (χ3v) is 4.28. The van der Waals surface area contributed by atoms with Crippen molar-refractivity contribution >= 4 is 54.6 Å². The second-order valence-electron chi connectivity index (χ2n) is 4.05. The third kappa shape index (κ3) is 3.43. The molecule has 5 nitrogen and oxygen atoms in total. The Bertz CT molecular complexity index is 765. The van der Waals surface area contributed by atoms with Crippen molar-refractivity contribution in [2.24, 2.45) is 5.14 Å². The van der Waals surface area contributed by atoms with Crippen LogP contribution in [-0.2, 0) is 10.0 Å². The summed E-state index contributed by atoms with van der Waals surface area (Å²) in [5.41, 5.74) is 6.75. The van der Waals surface area contributed by atoms with E-state index < -0.39 is 10.0 Å². The second-order valence-corrected chi connectivity index (χ2v) is 6.90. The summed E-state index contributed by atoms with van der Waals surface area (Å²) in [6.45, 7) is 0. The molecule has 0 atom stereocenters. The van der Waals surface area contributed by atoms with E-state index in [1.54, 1.807) is 24.3 Å². The summed E-state index contributed by atoms with van der Waals surface area (Å²) in [6.07, 6.45) is 0. The highest BCUT2D eigenvalue weighted by atomic mass is 79.9. The Balaban J connectivity index is 2.52. The van der Waals surface area contributed by atoms with Gasteiger partial charge in [-0.2, -0.15) is 0 Å². The molecule has 0 unspecified atom stereocenters. The van der Waals surface area contributed by atoms with Crippen LogP contribution in [0.25, 0.3) is 0 Å². The maximum Gasteiger partial charge on any atom is 0.240 e. The van der Waals surface area contributed by atoms with Gasteiger partial charge in [0, 0.05) is 10.2 Å². The van der Waals surface area contributed by atoms with Crippen LogP contribution in [0.4, 0.5) is 17.1 Å². The fourth-order valence-corrected chi connectivity index (χ4v) is 2.87. The molecule has 0 saturated heterocycles. The highest BCUT2D eigenvalue weighted by Crippen LogP contribution is 2.31. The molecule has 0 radical (unpaired) electrons. The molecule has 2 rings (SSSR count). The lowest BCUT2D eigenvalue weighted by Crippen LogP contribution is -2.14. The number of halogens is 2. The Morgan fingerprint density at radius 3 is 2.45 bits per heavy atom. The van der Waals surface area contributed by atoms with E-state index >= 15 is 0 Å². The molecular weight excluding hydrogens is 366 g/mol. The van der Waals surface area contributed by atoms with Crippen molar-refractivity contribution in [2.45, 2.75) is 4.90 Å². The van der Waals surface area contributed by atoms with Crippen molar-refractivity contribution < 1.29 is 8.42 Å². The number of primary sulfonamides is 1. The number of hydrogen-bond acceptors (Lipinski definition) is 4. The number of benzene rings is 2. The highest BCUT2D eigenvalue weighted by molar-refractivity contribution is 9.10. The van der Waals surface area contributed by atoms with Gasteiger partial charge in [-0.25, -0.2) is 13.6 Å². The SMILES string of the molecule is Nc1ccc(Nc2cc(Br)ccc2Cl)c(S(N)(=O)=O)c1. The first-order valence-electron chi connectivity index (χ1n) is 5.42. The molecule has 0 saturated carbocycles. The first-order chi connectivity index (χ1) is 9.27. The zero-order valence-electron chi connectivity index (χ0n) is 10.1. The lowest BCUT2D eigenvalue weighted by atomic mass is 10.2. The van der Waals surface area contributed by atoms with Gasteiger partial charge in [0.2, 0.25) is 10.0 Å². The zero-order chi connectivity index (χ0) is 14.9. The van der Waals surface area contributed by atoms with Crippen LogP contribution in [0.1, 0.15) is 0 Å². The average Bonchev–Trinajstić information content (AvgIpc) is 2.34. The molecule has 20 heavy (non-hydrogen) atoms. The summed E-state index contributed by atoms with van der Waals surface area (Å²) in [5, 5.41) is 8.57. The minimum absolute atomic E-state index is 0.0893. The minimum atomic E-state index is -3.90. The number of nitrogen functional groups attached to an aromatic ring is 1. The molecule has 8 heteroatoms. The predicted octanol–water partition coefficient (Wildman–Crippen LogP) is 3.08. The van der Waals surface area contributed by atoms with Crippen LogP contribution >= 0.6 is 27.5 Å². The molecule has 0 aliphatic carbocycles. The predicted molar refractivity (Wildman–Crippen MR) is 84.7 cm³/mol. The molecule has 0 aliphatic rings. The van der Waals surface area contributed by atoms with Crippen LogP contribution < -0.4 is 16.2 Å². The fourth-order valence-electron chi connectivity index (χ4n) is 1.62. The summed E-state index contributed by atoms with van der Waals surface area (Å²) < 4.78 is 24.0. The molecule has 2 aromatic carbocycles. The number of rotatable bonds is 3. The van der Waals surface area contributed by atoms with E-state index in [0.717, 1.165) is 4.47 Å². The maximum atomic E-state index is 11.6. The Morgan fingerprint density at radius 2 is 1.80 bits per heavy atom. The van der Waals surface area contributed by atoms with Crippen molar-refractivity contribution in [3.05, 3.63) is 45.9 Å². The molecule has 0 fully saturated rings. The highest BCUT2D eigenvalue weighted by Gasteiger charge is 2.15. The van der Waals surface area contributed by atoms with Gasteiger partial charge in [-0.3, -0.25) is 0 Å². The Labute approximate surface area is 130 Å². The maximum absolute atomic E-state index is 11.6. The molecule has 106 valence electrons. The van der Waals surface area contributed by atoms with Crippen LogP contribution in [0.2, 0.25) is 5.02 Å². The summed E-state index contributed by atoms with van der Waals surface area (Å²) in [7, 11) is -3.90. The number of nitrogens with two attached hydrogens (primary N) is 2.